The minimum absolute atomic E-state index is 0.0351. The number of carbonyl (C=O) groups is 2. The van der Waals surface area contributed by atoms with E-state index in [2.05, 4.69) is 20.8 Å². The van der Waals surface area contributed by atoms with Crippen LogP contribution in [0.2, 0.25) is 18.1 Å². The Morgan fingerprint density at radius 3 is 2.47 bits per heavy atom. The van der Waals surface area contributed by atoms with Crippen LogP contribution in [0.1, 0.15) is 33.6 Å². The molecular weight excluding hydrogens is 260 g/mol. The highest BCUT2D eigenvalue weighted by molar-refractivity contribution is 6.73. The SMILES string of the molecule is CC[Si](CC)(CC)O[C@H]1C[C@H]2OC(=O)C[C@H]2[C@H]1C=O. The number of rotatable bonds is 6. The van der Waals surface area contributed by atoms with Crippen LogP contribution in [-0.4, -0.2) is 32.8 Å². The maximum atomic E-state index is 11.4. The lowest BCUT2D eigenvalue weighted by atomic mass is 9.94. The quantitative estimate of drug-likeness (QED) is 0.427. The van der Waals surface area contributed by atoms with Crippen molar-refractivity contribution in [1.29, 1.82) is 0 Å². The van der Waals surface area contributed by atoms with Crippen LogP contribution in [0, 0.1) is 11.8 Å². The van der Waals surface area contributed by atoms with Crippen LogP contribution >= 0.6 is 0 Å². The Hall–Kier alpha value is -0.683. The molecule has 2 rings (SSSR count). The fourth-order valence-corrected chi connectivity index (χ4v) is 6.43. The van der Waals surface area contributed by atoms with Crippen molar-refractivity contribution in [3.63, 3.8) is 0 Å². The molecule has 5 heteroatoms. The maximum absolute atomic E-state index is 11.4. The molecule has 4 nitrogen and oxygen atoms in total. The van der Waals surface area contributed by atoms with Gasteiger partial charge in [-0.25, -0.2) is 0 Å². The van der Waals surface area contributed by atoms with Crippen LogP contribution in [-0.2, 0) is 18.8 Å². The lowest BCUT2D eigenvalue weighted by Crippen LogP contribution is -2.42. The summed E-state index contributed by atoms with van der Waals surface area (Å²) in [6, 6.07) is 3.24. The minimum Gasteiger partial charge on any atom is -0.462 e. The Bertz CT molecular complexity index is 345. The molecule has 0 unspecified atom stereocenters. The summed E-state index contributed by atoms with van der Waals surface area (Å²) in [5.74, 6) is -0.273. The molecule has 0 aromatic rings. The molecule has 0 bridgehead atoms. The smallest absolute Gasteiger partial charge is 0.306 e. The van der Waals surface area contributed by atoms with Crippen molar-refractivity contribution in [1.82, 2.24) is 0 Å². The molecule has 0 aromatic heterocycles. The Balaban J connectivity index is 2.09. The first-order chi connectivity index (χ1) is 9.09. The van der Waals surface area contributed by atoms with Gasteiger partial charge in [-0.05, 0) is 18.1 Å². The van der Waals surface area contributed by atoms with Crippen molar-refractivity contribution >= 4 is 20.6 Å². The van der Waals surface area contributed by atoms with Crippen molar-refractivity contribution in [2.75, 3.05) is 0 Å². The van der Waals surface area contributed by atoms with Gasteiger partial charge in [0.2, 0.25) is 0 Å². The van der Waals surface area contributed by atoms with Crippen LogP contribution < -0.4 is 0 Å². The molecule has 1 saturated heterocycles. The largest absolute Gasteiger partial charge is 0.462 e. The average molecular weight is 284 g/mol. The van der Waals surface area contributed by atoms with Crippen LogP contribution in [0.15, 0.2) is 0 Å². The Morgan fingerprint density at radius 1 is 1.32 bits per heavy atom. The molecule has 0 amide bonds. The van der Waals surface area contributed by atoms with E-state index in [0.29, 0.717) is 12.8 Å². The molecule has 1 heterocycles. The Labute approximate surface area is 116 Å². The van der Waals surface area contributed by atoms with E-state index in [1.807, 2.05) is 0 Å². The van der Waals surface area contributed by atoms with E-state index in [-0.39, 0.29) is 30.0 Å². The zero-order chi connectivity index (χ0) is 14.0. The maximum Gasteiger partial charge on any atom is 0.306 e. The highest BCUT2D eigenvalue weighted by Gasteiger charge is 2.52. The number of hydrogen-bond donors (Lipinski definition) is 0. The number of fused-ring (bicyclic) bond motifs is 1. The van der Waals surface area contributed by atoms with Gasteiger partial charge in [0.25, 0.3) is 0 Å². The van der Waals surface area contributed by atoms with Crippen molar-refractivity contribution in [3.05, 3.63) is 0 Å². The van der Waals surface area contributed by atoms with Crippen molar-refractivity contribution in [2.45, 2.75) is 64.0 Å². The molecule has 1 aliphatic carbocycles. The average Bonchev–Trinajstić information content (AvgIpc) is 2.91. The van der Waals surface area contributed by atoms with Gasteiger partial charge in [0.15, 0.2) is 8.32 Å². The lowest BCUT2D eigenvalue weighted by molar-refractivity contribution is -0.141. The Morgan fingerprint density at radius 2 is 1.95 bits per heavy atom. The van der Waals surface area contributed by atoms with Crippen molar-refractivity contribution in [3.8, 4) is 0 Å². The standard InChI is InChI=1S/C14H24O4Si/c1-4-19(5-2,6-3)18-13-8-12-10(11(13)9-15)7-14(16)17-12/h9-13H,4-8H2,1-3H3/t10-,11+,12+,13-/m0/s1. The third-order valence-corrected chi connectivity index (χ3v) is 9.71. The van der Waals surface area contributed by atoms with Gasteiger partial charge in [0, 0.05) is 18.3 Å². The van der Waals surface area contributed by atoms with Gasteiger partial charge >= 0.3 is 5.97 Å². The molecule has 0 spiro atoms. The van der Waals surface area contributed by atoms with Crippen LogP contribution in [0.3, 0.4) is 0 Å². The number of carbonyl (C=O) groups excluding carboxylic acids is 2. The fourth-order valence-electron chi connectivity index (χ4n) is 3.53. The second-order valence-electron chi connectivity index (χ2n) is 5.75. The number of ether oxygens (including phenoxy) is 1. The van der Waals surface area contributed by atoms with Crippen molar-refractivity contribution in [2.24, 2.45) is 11.8 Å². The first-order valence-electron chi connectivity index (χ1n) is 7.41. The van der Waals surface area contributed by atoms with E-state index in [1.165, 1.54) is 0 Å². The molecule has 0 N–H and O–H groups in total. The van der Waals surface area contributed by atoms with Crippen LogP contribution in [0.5, 0.6) is 0 Å². The van der Waals surface area contributed by atoms with E-state index >= 15 is 0 Å². The lowest BCUT2D eigenvalue weighted by Gasteiger charge is -2.33. The van der Waals surface area contributed by atoms with Crippen molar-refractivity contribution < 1.29 is 18.8 Å². The molecule has 1 saturated carbocycles. The molecule has 2 aliphatic rings. The summed E-state index contributed by atoms with van der Waals surface area (Å²) < 4.78 is 11.7. The summed E-state index contributed by atoms with van der Waals surface area (Å²) in [7, 11) is -1.70. The molecule has 0 aromatic carbocycles. The number of hydrogen-bond acceptors (Lipinski definition) is 4. The van der Waals surface area contributed by atoms with Gasteiger partial charge < -0.3 is 14.0 Å². The molecule has 19 heavy (non-hydrogen) atoms. The van der Waals surface area contributed by atoms with Crippen LogP contribution in [0.25, 0.3) is 0 Å². The predicted octanol–water partition coefficient (Wildman–Crippen LogP) is 2.53. The number of esters is 1. The van der Waals surface area contributed by atoms with E-state index in [4.69, 9.17) is 9.16 Å². The highest BCUT2D eigenvalue weighted by atomic mass is 28.4. The predicted molar refractivity (Wildman–Crippen MR) is 74.2 cm³/mol. The summed E-state index contributed by atoms with van der Waals surface area (Å²) in [5.41, 5.74) is 0. The minimum atomic E-state index is -1.70. The monoisotopic (exact) mass is 284 g/mol. The zero-order valence-corrected chi connectivity index (χ0v) is 13.1. The summed E-state index contributed by atoms with van der Waals surface area (Å²) in [4.78, 5) is 22.7. The third-order valence-electron chi connectivity index (χ3n) is 5.04. The van der Waals surface area contributed by atoms with Gasteiger partial charge in [-0.3, -0.25) is 4.79 Å². The van der Waals surface area contributed by atoms with Gasteiger partial charge in [0.05, 0.1) is 12.5 Å². The van der Waals surface area contributed by atoms with Gasteiger partial charge in [-0.15, -0.1) is 0 Å². The van der Waals surface area contributed by atoms with Gasteiger partial charge in [-0.2, -0.15) is 0 Å². The molecule has 1 aliphatic heterocycles. The van der Waals surface area contributed by atoms with Crippen LogP contribution in [0.4, 0.5) is 0 Å². The second-order valence-corrected chi connectivity index (χ2v) is 10.5. The summed E-state index contributed by atoms with van der Waals surface area (Å²) in [6.07, 6.45) is 1.94. The Kier molecular flexibility index (Phi) is 4.45. The van der Waals surface area contributed by atoms with Gasteiger partial charge in [0.1, 0.15) is 12.4 Å². The van der Waals surface area contributed by atoms with E-state index in [0.717, 1.165) is 24.4 Å². The van der Waals surface area contributed by atoms with E-state index < -0.39 is 8.32 Å². The normalized spacial score (nSPS) is 34.2. The molecular formula is C14H24O4Si. The van der Waals surface area contributed by atoms with E-state index in [9.17, 15) is 9.59 Å². The molecule has 108 valence electrons. The van der Waals surface area contributed by atoms with E-state index in [1.54, 1.807) is 0 Å². The fraction of sp³-hybridized carbons (Fsp3) is 0.857. The summed E-state index contributed by atoms with van der Waals surface area (Å²) in [6.45, 7) is 6.56. The number of aldehydes is 1. The van der Waals surface area contributed by atoms with Gasteiger partial charge in [-0.1, -0.05) is 20.8 Å². The highest BCUT2D eigenvalue weighted by Crippen LogP contribution is 2.43. The summed E-state index contributed by atoms with van der Waals surface area (Å²) in [5, 5.41) is 0. The first kappa shape index (κ1) is 14.7. The summed E-state index contributed by atoms with van der Waals surface area (Å²) >= 11 is 0. The topological polar surface area (TPSA) is 52.6 Å². The first-order valence-corrected chi connectivity index (χ1v) is 9.94. The third kappa shape index (κ3) is 2.63. The molecule has 2 fully saturated rings. The molecule has 4 atom stereocenters. The zero-order valence-electron chi connectivity index (χ0n) is 12.1. The second kappa shape index (κ2) is 5.75. The molecule has 0 radical (unpaired) electrons.